The highest BCUT2D eigenvalue weighted by Crippen LogP contribution is 2.31. The van der Waals surface area contributed by atoms with Gasteiger partial charge in [-0.15, -0.1) is 6.58 Å². The quantitative estimate of drug-likeness (QED) is 0.659. The normalized spacial score (nSPS) is 16.0. The van der Waals surface area contributed by atoms with Gasteiger partial charge in [-0.05, 0) is 30.2 Å². The first-order valence-corrected chi connectivity index (χ1v) is 9.66. The average molecular weight is 363 g/mol. The molecule has 0 unspecified atom stereocenters. The number of hydrogen-bond donors (Lipinski definition) is 1. The molecule has 27 heavy (non-hydrogen) atoms. The van der Waals surface area contributed by atoms with E-state index in [4.69, 9.17) is 0 Å². The SMILES string of the molecule is C=CCN1CCN(CCc2c(-c3cccc(F)c3)[nH]c3ccccc23)CC1. The summed E-state index contributed by atoms with van der Waals surface area (Å²) in [5, 5.41) is 1.24. The minimum absolute atomic E-state index is 0.199. The van der Waals surface area contributed by atoms with Crippen LogP contribution >= 0.6 is 0 Å². The summed E-state index contributed by atoms with van der Waals surface area (Å²) in [6, 6.07) is 15.2. The largest absolute Gasteiger partial charge is 0.354 e. The second-order valence-electron chi connectivity index (χ2n) is 7.22. The van der Waals surface area contributed by atoms with Gasteiger partial charge in [-0.3, -0.25) is 4.90 Å². The lowest BCUT2D eigenvalue weighted by molar-refractivity contribution is 0.144. The van der Waals surface area contributed by atoms with Crippen LogP contribution in [0.4, 0.5) is 4.39 Å². The zero-order valence-electron chi connectivity index (χ0n) is 15.6. The predicted molar refractivity (Wildman–Crippen MR) is 110 cm³/mol. The molecule has 1 aliphatic heterocycles. The molecule has 0 amide bonds. The summed E-state index contributed by atoms with van der Waals surface area (Å²) in [7, 11) is 0. The molecule has 140 valence electrons. The van der Waals surface area contributed by atoms with Crippen LogP contribution in [-0.4, -0.2) is 54.1 Å². The smallest absolute Gasteiger partial charge is 0.123 e. The molecule has 0 saturated carbocycles. The van der Waals surface area contributed by atoms with Crippen molar-refractivity contribution in [2.45, 2.75) is 6.42 Å². The zero-order chi connectivity index (χ0) is 18.6. The number of fused-ring (bicyclic) bond motifs is 1. The Labute approximate surface area is 160 Å². The first kappa shape index (κ1) is 18.0. The molecule has 1 N–H and O–H groups in total. The van der Waals surface area contributed by atoms with Crippen LogP contribution in [0.3, 0.4) is 0 Å². The van der Waals surface area contributed by atoms with Crippen LogP contribution in [-0.2, 0) is 6.42 Å². The maximum Gasteiger partial charge on any atom is 0.123 e. The Balaban J connectivity index is 1.56. The van der Waals surface area contributed by atoms with Gasteiger partial charge in [0, 0.05) is 61.4 Å². The molecule has 3 nitrogen and oxygen atoms in total. The van der Waals surface area contributed by atoms with Crippen LogP contribution in [0.1, 0.15) is 5.56 Å². The molecule has 0 radical (unpaired) electrons. The summed E-state index contributed by atoms with van der Waals surface area (Å²) in [5.41, 5.74) is 4.35. The molecule has 1 aliphatic rings. The molecule has 2 heterocycles. The summed E-state index contributed by atoms with van der Waals surface area (Å²) >= 11 is 0. The highest BCUT2D eigenvalue weighted by Gasteiger charge is 2.18. The van der Waals surface area contributed by atoms with Crippen molar-refractivity contribution in [1.82, 2.24) is 14.8 Å². The molecule has 4 rings (SSSR count). The Morgan fingerprint density at radius 1 is 1.00 bits per heavy atom. The molecule has 1 fully saturated rings. The Morgan fingerprint density at radius 2 is 1.78 bits per heavy atom. The topological polar surface area (TPSA) is 22.3 Å². The van der Waals surface area contributed by atoms with E-state index in [-0.39, 0.29) is 5.82 Å². The number of benzene rings is 2. The number of nitrogens with one attached hydrogen (secondary N) is 1. The van der Waals surface area contributed by atoms with Gasteiger partial charge in [0.05, 0.1) is 0 Å². The van der Waals surface area contributed by atoms with Crippen LogP contribution in [0.2, 0.25) is 0 Å². The van der Waals surface area contributed by atoms with Crippen molar-refractivity contribution in [3.63, 3.8) is 0 Å². The number of para-hydroxylation sites is 1. The fourth-order valence-electron chi connectivity index (χ4n) is 4.00. The lowest BCUT2D eigenvalue weighted by Gasteiger charge is -2.34. The number of piperazine rings is 1. The minimum Gasteiger partial charge on any atom is -0.354 e. The van der Waals surface area contributed by atoms with Gasteiger partial charge < -0.3 is 9.88 Å². The summed E-state index contributed by atoms with van der Waals surface area (Å²) in [6.45, 7) is 10.2. The predicted octanol–water partition coefficient (Wildman–Crippen LogP) is 4.32. The third kappa shape index (κ3) is 3.97. The van der Waals surface area contributed by atoms with Gasteiger partial charge in [0.25, 0.3) is 0 Å². The summed E-state index contributed by atoms with van der Waals surface area (Å²) in [6.07, 6.45) is 2.93. The van der Waals surface area contributed by atoms with E-state index in [2.05, 4.69) is 39.6 Å². The first-order chi connectivity index (χ1) is 13.2. The van der Waals surface area contributed by atoms with E-state index < -0.39 is 0 Å². The van der Waals surface area contributed by atoms with Crippen LogP contribution in [0.25, 0.3) is 22.2 Å². The van der Waals surface area contributed by atoms with Gasteiger partial charge in [0.15, 0.2) is 0 Å². The maximum absolute atomic E-state index is 13.8. The van der Waals surface area contributed by atoms with Crippen LogP contribution < -0.4 is 0 Å². The highest BCUT2D eigenvalue weighted by atomic mass is 19.1. The third-order valence-corrected chi connectivity index (χ3v) is 5.46. The Hall–Kier alpha value is -2.43. The van der Waals surface area contributed by atoms with Crippen molar-refractivity contribution in [3.8, 4) is 11.3 Å². The number of nitrogens with zero attached hydrogens (tertiary/aromatic N) is 2. The van der Waals surface area contributed by atoms with Crippen molar-refractivity contribution in [3.05, 3.63) is 72.6 Å². The van der Waals surface area contributed by atoms with E-state index >= 15 is 0 Å². The van der Waals surface area contributed by atoms with Crippen molar-refractivity contribution in [2.24, 2.45) is 0 Å². The molecule has 2 aromatic carbocycles. The highest BCUT2D eigenvalue weighted by molar-refractivity contribution is 5.90. The summed E-state index contributed by atoms with van der Waals surface area (Å²) < 4.78 is 13.8. The van der Waals surface area contributed by atoms with Gasteiger partial charge in [0.2, 0.25) is 0 Å². The minimum atomic E-state index is -0.199. The van der Waals surface area contributed by atoms with Crippen molar-refractivity contribution < 1.29 is 4.39 Å². The van der Waals surface area contributed by atoms with E-state index in [1.165, 1.54) is 17.0 Å². The molecular formula is C23H26FN3. The molecule has 0 bridgehead atoms. The molecule has 1 saturated heterocycles. The van der Waals surface area contributed by atoms with Crippen molar-refractivity contribution in [1.29, 1.82) is 0 Å². The van der Waals surface area contributed by atoms with Crippen LogP contribution in [0.5, 0.6) is 0 Å². The van der Waals surface area contributed by atoms with Gasteiger partial charge in [0.1, 0.15) is 5.82 Å². The second-order valence-corrected chi connectivity index (χ2v) is 7.22. The van der Waals surface area contributed by atoms with Crippen LogP contribution in [0, 0.1) is 5.82 Å². The van der Waals surface area contributed by atoms with E-state index in [0.717, 1.165) is 62.5 Å². The summed E-state index contributed by atoms with van der Waals surface area (Å²) in [4.78, 5) is 8.48. The molecule has 3 aromatic rings. The lowest BCUT2D eigenvalue weighted by atomic mass is 10.0. The number of rotatable bonds is 6. The van der Waals surface area contributed by atoms with Crippen molar-refractivity contribution >= 4 is 10.9 Å². The standard InChI is InChI=1S/C23H26FN3/c1-2-11-26-13-15-27(16-14-26)12-10-21-20-8-3-4-9-22(20)25-23(21)18-6-5-7-19(24)17-18/h2-9,17,25H,1,10-16H2. The van der Waals surface area contributed by atoms with Crippen LogP contribution in [0.15, 0.2) is 61.2 Å². The summed E-state index contributed by atoms with van der Waals surface area (Å²) in [5.74, 6) is -0.199. The van der Waals surface area contributed by atoms with E-state index in [1.54, 1.807) is 12.1 Å². The van der Waals surface area contributed by atoms with Gasteiger partial charge in [-0.2, -0.15) is 0 Å². The number of aromatic nitrogens is 1. The zero-order valence-corrected chi connectivity index (χ0v) is 15.6. The van der Waals surface area contributed by atoms with E-state index in [1.807, 2.05) is 18.2 Å². The molecule has 4 heteroatoms. The molecule has 0 spiro atoms. The maximum atomic E-state index is 13.8. The number of hydrogen-bond acceptors (Lipinski definition) is 2. The molecule has 1 aromatic heterocycles. The fraction of sp³-hybridized carbons (Fsp3) is 0.304. The van der Waals surface area contributed by atoms with E-state index in [0.29, 0.717) is 0 Å². The number of aromatic amines is 1. The second kappa shape index (κ2) is 8.07. The molecular weight excluding hydrogens is 337 g/mol. The van der Waals surface area contributed by atoms with Gasteiger partial charge >= 0.3 is 0 Å². The monoisotopic (exact) mass is 363 g/mol. The number of H-pyrrole nitrogens is 1. The first-order valence-electron chi connectivity index (χ1n) is 9.66. The Bertz CT molecular complexity index is 922. The third-order valence-electron chi connectivity index (χ3n) is 5.46. The van der Waals surface area contributed by atoms with Crippen molar-refractivity contribution in [2.75, 3.05) is 39.3 Å². The van der Waals surface area contributed by atoms with E-state index in [9.17, 15) is 4.39 Å². The lowest BCUT2D eigenvalue weighted by Crippen LogP contribution is -2.46. The van der Waals surface area contributed by atoms with Gasteiger partial charge in [-0.1, -0.05) is 36.4 Å². The Kier molecular flexibility index (Phi) is 5.37. The average Bonchev–Trinajstić information content (AvgIpc) is 3.06. The molecule has 0 aliphatic carbocycles. The molecule has 0 atom stereocenters. The number of halogens is 1. The van der Waals surface area contributed by atoms with Gasteiger partial charge in [-0.25, -0.2) is 4.39 Å². The fourth-order valence-corrected chi connectivity index (χ4v) is 4.00. The Morgan fingerprint density at radius 3 is 2.56 bits per heavy atom.